The summed E-state index contributed by atoms with van der Waals surface area (Å²) in [6.07, 6.45) is 0. The smallest absolute Gasteiger partial charge is 0.162 e. The summed E-state index contributed by atoms with van der Waals surface area (Å²) < 4.78 is 14.0. The topological polar surface area (TPSA) is 12.9 Å². The van der Waals surface area contributed by atoms with Gasteiger partial charge in [-0.25, -0.2) is 9.37 Å². The zero-order valence-electron chi connectivity index (χ0n) is 6.57. The molecule has 2 aromatic rings. The molecule has 0 radical (unpaired) electrons. The Labute approximate surface area is 88.1 Å². The zero-order valence-corrected chi connectivity index (χ0v) is 8.90. The van der Waals surface area contributed by atoms with E-state index in [0.717, 1.165) is 9.71 Å². The Kier molecular flexibility index (Phi) is 2.18. The molecule has 1 nitrogen and oxygen atoms in total. The minimum Gasteiger partial charge on any atom is -0.240 e. The fourth-order valence-corrected chi connectivity index (χ4v) is 2.58. The van der Waals surface area contributed by atoms with E-state index in [9.17, 15) is 4.39 Å². The molecule has 0 N–H and O–H groups in total. The number of nitrogens with zero attached hydrogens (tertiary/aromatic N) is 1. The Hall–Kier alpha value is -0.380. The van der Waals surface area contributed by atoms with Crippen molar-refractivity contribution in [3.05, 3.63) is 26.9 Å². The van der Waals surface area contributed by atoms with Crippen molar-refractivity contribution < 1.29 is 4.39 Å². The van der Waals surface area contributed by atoms with Gasteiger partial charge in [0.25, 0.3) is 0 Å². The molecule has 2 rings (SSSR count). The van der Waals surface area contributed by atoms with Gasteiger partial charge in [0, 0.05) is 0 Å². The van der Waals surface area contributed by atoms with Crippen LogP contribution in [0.5, 0.6) is 0 Å². The largest absolute Gasteiger partial charge is 0.240 e. The second-order valence-electron chi connectivity index (χ2n) is 2.57. The van der Waals surface area contributed by atoms with Crippen LogP contribution in [0.2, 0.25) is 10.0 Å². The van der Waals surface area contributed by atoms with Crippen LogP contribution in [0.4, 0.5) is 4.39 Å². The number of hydrogen-bond donors (Lipinski definition) is 0. The highest BCUT2D eigenvalue weighted by atomic mass is 35.5. The Balaban J connectivity index is 2.92. The maximum absolute atomic E-state index is 13.2. The van der Waals surface area contributed by atoms with Crippen molar-refractivity contribution in [1.29, 1.82) is 0 Å². The molecule has 0 saturated carbocycles. The van der Waals surface area contributed by atoms with Crippen LogP contribution in [-0.4, -0.2) is 4.98 Å². The number of benzene rings is 1. The quantitative estimate of drug-likeness (QED) is 0.628. The Morgan fingerprint density at radius 1 is 1.46 bits per heavy atom. The molecule has 1 aromatic carbocycles. The Bertz CT molecular complexity index is 480. The molecular weight excluding hydrogens is 232 g/mol. The number of hydrogen-bond acceptors (Lipinski definition) is 2. The first-order valence-electron chi connectivity index (χ1n) is 3.50. The summed E-state index contributed by atoms with van der Waals surface area (Å²) in [6.45, 7) is 1.84. The molecule has 0 spiro atoms. The van der Waals surface area contributed by atoms with Crippen LogP contribution < -0.4 is 0 Å². The molecule has 0 saturated heterocycles. The van der Waals surface area contributed by atoms with Crippen molar-refractivity contribution in [3.63, 3.8) is 0 Å². The fraction of sp³-hybridized carbons (Fsp3) is 0.125. The SMILES string of the molecule is Cc1nc2c(Cl)c(F)c(Cl)cc2s1. The van der Waals surface area contributed by atoms with E-state index in [0.29, 0.717) is 5.52 Å². The number of aryl methyl sites for hydroxylation is 1. The third kappa shape index (κ3) is 1.41. The van der Waals surface area contributed by atoms with Gasteiger partial charge < -0.3 is 0 Å². The molecule has 5 heteroatoms. The number of thiazole rings is 1. The molecule has 0 aliphatic heterocycles. The summed E-state index contributed by atoms with van der Waals surface area (Å²) in [7, 11) is 0. The van der Waals surface area contributed by atoms with Crippen LogP contribution in [0, 0.1) is 12.7 Å². The molecule has 13 heavy (non-hydrogen) atoms. The lowest BCUT2D eigenvalue weighted by Crippen LogP contribution is -1.80. The van der Waals surface area contributed by atoms with E-state index < -0.39 is 5.82 Å². The van der Waals surface area contributed by atoms with Gasteiger partial charge in [0.05, 0.1) is 14.7 Å². The molecule has 0 fully saturated rings. The van der Waals surface area contributed by atoms with E-state index in [4.69, 9.17) is 23.2 Å². The first kappa shape index (κ1) is 9.19. The summed E-state index contributed by atoms with van der Waals surface area (Å²) in [6, 6.07) is 1.54. The van der Waals surface area contributed by atoms with E-state index in [2.05, 4.69) is 4.98 Å². The third-order valence-corrected chi connectivity index (χ3v) is 3.17. The molecule has 0 unspecified atom stereocenters. The molecule has 68 valence electrons. The highest BCUT2D eigenvalue weighted by Crippen LogP contribution is 2.34. The normalized spacial score (nSPS) is 11.1. The summed E-state index contributed by atoms with van der Waals surface area (Å²) in [5, 5.41) is 0.895. The van der Waals surface area contributed by atoms with Gasteiger partial charge >= 0.3 is 0 Å². The summed E-state index contributed by atoms with van der Waals surface area (Å²) >= 11 is 12.8. The highest BCUT2D eigenvalue weighted by molar-refractivity contribution is 7.18. The number of aromatic nitrogens is 1. The van der Waals surface area contributed by atoms with E-state index in [1.165, 1.54) is 11.3 Å². The summed E-state index contributed by atoms with van der Waals surface area (Å²) in [4.78, 5) is 4.10. The van der Waals surface area contributed by atoms with Crippen molar-refractivity contribution in [3.8, 4) is 0 Å². The van der Waals surface area contributed by atoms with Gasteiger partial charge in [0.1, 0.15) is 10.5 Å². The minimum absolute atomic E-state index is 0.00634. The summed E-state index contributed by atoms with van der Waals surface area (Å²) in [5.74, 6) is -0.596. The molecule has 0 amide bonds. The zero-order chi connectivity index (χ0) is 9.59. The average Bonchev–Trinajstić information content (AvgIpc) is 2.42. The van der Waals surface area contributed by atoms with Crippen molar-refractivity contribution in [2.45, 2.75) is 6.92 Å². The molecule has 1 heterocycles. The van der Waals surface area contributed by atoms with E-state index >= 15 is 0 Å². The second kappa shape index (κ2) is 3.08. The van der Waals surface area contributed by atoms with Crippen LogP contribution in [0.1, 0.15) is 5.01 Å². The molecule has 0 bridgehead atoms. The molecule has 1 aromatic heterocycles. The summed E-state index contributed by atoms with van der Waals surface area (Å²) in [5.41, 5.74) is 0.492. The van der Waals surface area contributed by atoms with Gasteiger partial charge in [-0.15, -0.1) is 11.3 Å². The molecule has 0 aliphatic carbocycles. The van der Waals surface area contributed by atoms with E-state index in [-0.39, 0.29) is 10.0 Å². The van der Waals surface area contributed by atoms with Crippen molar-refractivity contribution >= 4 is 44.8 Å². The van der Waals surface area contributed by atoms with E-state index in [1.807, 2.05) is 6.92 Å². The molecule has 0 atom stereocenters. The van der Waals surface area contributed by atoms with Crippen LogP contribution in [0.15, 0.2) is 6.07 Å². The van der Waals surface area contributed by atoms with Gasteiger partial charge in [-0.05, 0) is 13.0 Å². The van der Waals surface area contributed by atoms with Crippen LogP contribution >= 0.6 is 34.5 Å². The highest BCUT2D eigenvalue weighted by Gasteiger charge is 2.13. The lowest BCUT2D eigenvalue weighted by Gasteiger charge is -1.96. The van der Waals surface area contributed by atoms with Crippen molar-refractivity contribution in [2.75, 3.05) is 0 Å². The first-order chi connectivity index (χ1) is 6.09. The third-order valence-electron chi connectivity index (χ3n) is 1.63. The molecular formula is C8H4Cl2FNS. The maximum atomic E-state index is 13.2. The Morgan fingerprint density at radius 2 is 2.15 bits per heavy atom. The molecule has 0 aliphatic rings. The number of rotatable bonds is 0. The average molecular weight is 236 g/mol. The monoisotopic (exact) mass is 235 g/mol. The van der Waals surface area contributed by atoms with E-state index in [1.54, 1.807) is 6.07 Å². The number of fused-ring (bicyclic) bond motifs is 1. The number of halogens is 3. The Morgan fingerprint density at radius 3 is 2.85 bits per heavy atom. The van der Waals surface area contributed by atoms with Gasteiger partial charge in [-0.2, -0.15) is 0 Å². The van der Waals surface area contributed by atoms with Gasteiger partial charge in [-0.1, -0.05) is 23.2 Å². The lowest BCUT2D eigenvalue weighted by atomic mass is 10.3. The predicted molar refractivity (Wildman–Crippen MR) is 54.3 cm³/mol. The van der Waals surface area contributed by atoms with Crippen LogP contribution in [-0.2, 0) is 0 Å². The van der Waals surface area contributed by atoms with Crippen molar-refractivity contribution in [1.82, 2.24) is 4.98 Å². The minimum atomic E-state index is -0.596. The second-order valence-corrected chi connectivity index (χ2v) is 4.59. The lowest BCUT2D eigenvalue weighted by molar-refractivity contribution is 0.630. The predicted octanol–water partition coefficient (Wildman–Crippen LogP) is 4.05. The van der Waals surface area contributed by atoms with Crippen molar-refractivity contribution in [2.24, 2.45) is 0 Å². The van der Waals surface area contributed by atoms with Gasteiger partial charge in [-0.3, -0.25) is 0 Å². The standard InChI is InChI=1S/C8H4Cl2FNS/c1-3-12-8-5(13-3)2-4(9)7(11)6(8)10/h2H,1H3. The first-order valence-corrected chi connectivity index (χ1v) is 5.07. The maximum Gasteiger partial charge on any atom is 0.162 e. The van der Waals surface area contributed by atoms with Crippen LogP contribution in [0.25, 0.3) is 10.2 Å². The van der Waals surface area contributed by atoms with Crippen LogP contribution in [0.3, 0.4) is 0 Å². The van der Waals surface area contributed by atoms with Gasteiger partial charge in [0.15, 0.2) is 5.82 Å². The fourth-order valence-electron chi connectivity index (χ4n) is 1.09. The van der Waals surface area contributed by atoms with Gasteiger partial charge in [0.2, 0.25) is 0 Å².